The maximum absolute atomic E-state index is 5.97. The Labute approximate surface area is 128 Å². The molecule has 0 saturated carbocycles. The van der Waals surface area contributed by atoms with Gasteiger partial charge in [0.1, 0.15) is 11.9 Å². The van der Waals surface area contributed by atoms with Gasteiger partial charge < -0.3 is 4.74 Å². The van der Waals surface area contributed by atoms with Crippen LogP contribution in [0, 0.1) is 20.8 Å². The second kappa shape index (κ2) is 5.65. The minimum Gasteiger partial charge on any atom is -0.472 e. The van der Waals surface area contributed by atoms with Gasteiger partial charge in [0.25, 0.3) is 0 Å². The number of likely N-dealkylation sites (N-methyl/N-ethyl adjacent to an activating group) is 1. The molecule has 0 radical (unpaired) electrons. The minimum absolute atomic E-state index is 0.140. The highest BCUT2D eigenvalue weighted by Gasteiger charge is 2.27. The van der Waals surface area contributed by atoms with E-state index in [4.69, 9.17) is 4.74 Å². The molecule has 1 aliphatic rings. The highest BCUT2D eigenvalue weighted by molar-refractivity contribution is 7.05. The second-order valence-electron chi connectivity index (χ2n) is 5.56. The van der Waals surface area contributed by atoms with Crippen molar-refractivity contribution < 1.29 is 4.74 Å². The summed E-state index contributed by atoms with van der Waals surface area (Å²) in [5.41, 5.74) is 3.19. The van der Waals surface area contributed by atoms with Crippen LogP contribution in [-0.2, 0) is 13.0 Å². The molecule has 0 saturated heterocycles. The molecule has 0 amide bonds. The van der Waals surface area contributed by atoms with Crippen LogP contribution in [0.5, 0.6) is 5.88 Å². The summed E-state index contributed by atoms with van der Waals surface area (Å²) in [7, 11) is 2.09. The van der Waals surface area contributed by atoms with E-state index in [0.717, 1.165) is 48.2 Å². The molecule has 21 heavy (non-hydrogen) atoms. The molecule has 1 atom stereocenters. The SMILES string of the molecule is Cc1nc(C)c2c(n1)O[C@H](CN(C)Cc1snnc1C)C2. The Morgan fingerprint density at radius 2 is 2.05 bits per heavy atom. The Kier molecular flexibility index (Phi) is 3.86. The van der Waals surface area contributed by atoms with Crippen LogP contribution in [0.4, 0.5) is 0 Å². The Morgan fingerprint density at radius 1 is 1.24 bits per heavy atom. The average Bonchev–Trinajstić information content (AvgIpc) is 2.96. The molecule has 0 aromatic carbocycles. The van der Waals surface area contributed by atoms with Crippen molar-refractivity contribution >= 4 is 11.5 Å². The molecule has 0 bridgehead atoms. The second-order valence-corrected chi connectivity index (χ2v) is 6.40. The summed E-state index contributed by atoms with van der Waals surface area (Å²) in [6.07, 6.45) is 1.02. The van der Waals surface area contributed by atoms with Crippen LogP contribution < -0.4 is 4.74 Å². The molecule has 6 nitrogen and oxygen atoms in total. The Balaban J connectivity index is 1.63. The van der Waals surface area contributed by atoms with Crippen molar-refractivity contribution in [2.45, 2.75) is 39.8 Å². The van der Waals surface area contributed by atoms with Gasteiger partial charge in [0.15, 0.2) is 0 Å². The summed E-state index contributed by atoms with van der Waals surface area (Å²) in [5.74, 6) is 1.53. The molecule has 0 spiro atoms. The van der Waals surface area contributed by atoms with Crippen LogP contribution in [0.2, 0.25) is 0 Å². The van der Waals surface area contributed by atoms with Gasteiger partial charge in [0.2, 0.25) is 5.88 Å². The minimum atomic E-state index is 0.140. The number of aromatic nitrogens is 4. The van der Waals surface area contributed by atoms with Crippen LogP contribution in [0.1, 0.15) is 27.7 Å². The molecule has 0 unspecified atom stereocenters. The first kappa shape index (κ1) is 14.3. The number of nitrogens with zero attached hydrogens (tertiary/aromatic N) is 5. The van der Waals surface area contributed by atoms with Crippen molar-refractivity contribution in [3.8, 4) is 5.88 Å². The number of hydrogen-bond donors (Lipinski definition) is 0. The zero-order valence-corrected chi connectivity index (χ0v) is 13.6. The Hall–Kier alpha value is -1.60. The molecular weight excluding hydrogens is 286 g/mol. The summed E-state index contributed by atoms with van der Waals surface area (Å²) in [6.45, 7) is 7.62. The molecule has 1 aliphatic heterocycles. The topological polar surface area (TPSA) is 64.0 Å². The highest BCUT2D eigenvalue weighted by Crippen LogP contribution is 2.29. The quantitative estimate of drug-likeness (QED) is 0.856. The molecule has 112 valence electrons. The first-order valence-corrected chi connectivity index (χ1v) is 7.77. The van der Waals surface area contributed by atoms with Gasteiger partial charge in [-0.05, 0) is 39.4 Å². The summed E-state index contributed by atoms with van der Waals surface area (Å²) < 4.78 is 9.94. The van der Waals surface area contributed by atoms with Gasteiger partial charge in [0.05, 0.1) is 10.6 Å². The lowest BCUT2D eigenvalue weighted by Crippen LogP contribution is -2.31. The molecule has 7 heteroatoms. The fourth-order valence-corrected chi connectivity index (χ4v) is 3.33. The number of ether oxygens (including phenoxy) is 1. The maximum Gasteiger partial charge on any atom is 0.220 e. The van der Waals surface area contributed by atoms with Crippen LogP contribution in [0.3, 0.4) is 0 Å². The number of hydrogen-bond acceptors (Lipinski definition) is 7. The zero-order valence-electron chi connectivity index (χ0n) is 12.8. The van der Waals surface area contributed by atoms with E-state index in [1.807, 2.05) is 20.8 Å². The average molecular weight is 305 g/mol. The van der Waals surface area contributed by atoms with E-state index in [1.165, 1.54) is 16.4 Å². The van der Waals surface area contributed by atoms with Crippen LogP contribution in [-0.4, -0.2) is 44.2 Å². The molecule has 3 heterocycles. The molecule has 2 aromatic rings. The molecular formula is C14H19N5OS. The lowest BCUT2D eigenvalue weighted by atomic mass is 10.1. The maximum atomic E-state index is 5.97. The lowest BCUT2D eigenvalue weighted by molar-refractivity contribution is 0.161. The van der Waals surface area contributed by atoms with E-state index in [-0.39, 0.29) is 6.10 Å². The van der Waals surface area contributed by atoms with Gasteiger partial charge in [-0.1, -0.05) is 4.49 Å². The highest BCUT2D eigenvalue weighted by atomic mass is 32.1. The smallest absolute Gasteiger partial charge is 0.220 e. The van der Waals surface area contributed by atoms with Crippen LogP contribution in [0.15, 0.2) is 0 Å². The van der Waals surface area contributed by atoms with Crippen molar-refractivity contribution in [1.29, 1.82) is 0 Å². The largest absolute Gasteiger partial charge is 0.472 e. The molecule has 0 aliphatic carbocycles. The summed E-state index contributed by atoms with van der Waals surface area (Å²) in [4.78, 5) is 12.3. The van der Waals surface area contributed by atoms with E-state index in [0.29, 0.717) is 0 Å². The predicted octanol–water partition coefficient (Wildman–Crippen LogP) is 1.69. The first-order chi connectivity index (χ1) is 10.0. The third kappa shape index (κ3) is 3.03. The van der Waals surface area contributed by atoms with Gasteiger partial charge in [-0.2, -0.15) is 4.98 Å². The van der Waals surface area contributed by atoms with E-state index in [9.17, 15) is 0 Å². The van der Waals surface area contributed by atoms with E-state index in [2.05, 4.69) is 31.5 Å². The molecule has 2 aromatic heterocycles. The molecule has 3 rings (SSSR count). The van der Waals surface area contributed by atoms with Gasteiger partial charge in [-0.15, -0.1) is 5.10 Å². The van der Waals surface area contributed by atoms with Gasteiger partial charge in [0, 0.05) is 30.8 Å². The van der Waals surface area contributed by atoms with Crippen molar-refractivity contribution in [3.63, 3.8) is 0 Å². The van der Waals surface area contributed by atoms with Crippen molar-refractivity contribution in [2.24, 2.45) is 0 Å². The Morgan fingerprint density at radius 3 is 2.76 bits per heavy atom. The van der Waals surface area contributed by atoms with Crippen LogP contribution in [0.25, 0.3) is 0 Å². The first-order valence-electron chi connectivity index (χ1n) is 7.00. The fraction of sp³-hybridized carbons (Fsp3) is 0.571. The number of fused-ring (bicyclic) bond motifs is 1. The van der Waals surface area contributed by atoms with Crippen molar-refractivity contribution in [1.82, 2.24) is 24.5 Å². The summed E-state index contributed by atoms with van der Waals surface area (Å²) in [5, 5.41) is 4.05. The monoisotopic (exact) mass is 305 g/mol. The zero-order chi connectivity index (χ0) is 15.0. The number of rotatable bonds is 4. The predicted molar refractivity (Wildman–Crippen MR) is 80.6 cm³/mol. The standard InChI is InChI=1S/C14H19N5OS/c1-8-12-5-11(20-14(12)16-10(3)15-8)6-19(4)7-13-9(2)17-18-21-13/h11H,5-7H2,1-4H3/t11-/m0/s1. The summed E-state index contributed by atoms with van der Waals surface area (Å²) >= 11 is 1.46. The van der Waals surface area contributed by atoms with E-state index >= 15 is 0 Å². The lowest BCUT2D eigenvalue weighted by Gasteiger charge is -2.19. The number of aryl methyl sites for hydroxylation is 3. The van der Waals surface area contributed by atoms with E-state index < -0.39 is 0 Å². The third-order valence-corrected chi connectivity index (χ3v) is 4.48. The Bertz CT molecular complexity index is 657. The molecule has 0 fully saturated rings. The van der Waals surface area contributed by atoms with Crippen LogP contribution >= 0.6 is 11.5 Å². The van der Waals surface area contributed by atoms with Crippen molar-refractivity contribution in [2.75, 3.05) is 13.6 Å². The normalized spacial score (nSPS) is 17.1. The fourth-order valence-electron chi connectivity index (χ4n) is 2.62. The van der Waals surface area contributed by atoms with Crippen molar-refractivity contribution in [3.05, 3.63) is 27.7 Å². The third-order valence-electron chi connectivity index (χ3n) is 3.67. The van der Waals surface area contributed by atoms with Gasteiger partial charge in [-0.25, -0.2) is 4.98 Å². The van der Waals surface area contributed by atoms with Gasteiger partial charge >= 0.3 is 0 Å². The van der Waals surface area contributed by atoms with E-state index in [1.54, 1.807) is 0 Å². The van der Waals surface area contributed by atoms with Gasteiger partial charge in [-0.3, -0.25) is 4.90 Å². The molecule has 0 N–H and O–H groups in total. The summed E-state index contributed by atoms with van der Waals surface area (Å²) in [6, 6.07) is 0.